The van der Waals surface area contributed by atoms with E-state index in [1.54, 1.807) is 0 Å². The van der Waals surface area contributed by atoms with Gasteiger partial charge in [0.05, 0.1) is 0 Å². The van der Waals surface area contributed by atoms with Crippen LogP contribution >= 0.6 is 0 Å². The number of methoxy groups -OCH3 is 1. The first-order valence-corrected chi connectivity index (χ1v) is 3.94. The number of aliphatic hydroxyl groups excluding tert-OH is 3. The van der Waals surface area contributed by atoms with Crippen molar-refractivity contribution in [2.45, 2.75) is 30.7 Å². The molecule has 0 aromatic rings. The molecule has 0 amide bonds. The maximum absolute atomic E-state index is 10.6. The van der Waals surface area contributed by atoms with Gasteiger partial charge in [0, 0.05) is 7.11 Å². The van der Waals surface area contributed by atoms with E-state index < -0.39 is 36.7 Å². The van der Waals surface area contributed by atoms with Gasteiger partial charge in [-0.2, -0.15) is 0 Å². The first-order valence-electron chi connectivity index (χ1n) is 3.94. The van der Waals surface area contributed by atoms with Crippen LogP contribution in [-0.2, 0) is 14.3 Å². The van der Waals surface area contributed by atoms with Crippen LogP contribution in [0.5, 0.6) is 0 Å². The van der Waals surface area contributed by atoms with Gasteiger partial charge in [0.25, 0.3) is 0 Å². The van der Waals surface area contributed by atoms with Gasteiger partial charge in [-0.25, -0.2) is 4.79 Å². The normalized spacial score (nSPS) is 43.6. The van der Waals surface area contributed by atoms with E-state index in [9.17, 15) is 9.90 Å². The van der Waals surface area contributed by atoms with Crippen molar-refractivity contribution in [1.82, 2.24) is 0 Å². The van der Waals surface area contributed by atoms with Gasteiger partial charge < -0.3 is 29.9 Å². The minimum absolute atomic E-state index is 1.18. The highest BCUT2D eigenvalue weighted by atomic mass is 16.7. The maximum Gasteiger partial charge on any atom is 0.335 e. The number of carboxylic acids is 1. The summed E-state index contributed by atoms with van der Waals surface area (Å²) in [7, 11) is 1.18. The van der Waals surface area contributed by atoms with E-state index in [1.807, 2.05) is 0 Å². The van der Waals surface area contributed by atoms with E-state index in [4.69, 9.17) is 15.3 Å². The van der Waals surface area contributed by atoms with Crippen molar-refractivity contribution in [1.29, 1.82) is 0 Å². The predicted octanol–water partition coefficient (Wildman–Crippen LogP) is -2.47. The molecular formula is C7H12O7. The fourth-order valence-corrected chi connectivity index (χ4v) is 1.31. The third kappa shape index (κ3) is 1.86. The molecule has 0 saturated carbocycles. The van der Waals surface area contributed by atoms with Crippen LogP contribution in [0.1, 0.15) is 0 Å². The molecule has 0 aliphatic carbocycles. The van der Waals surface area contributed by atoms with E-state index in [2.05, 4.69) is 9.47 Å². The maximum atomic E-state index is 10.6. The van der Waals surface area contributed by atoms with E-state index >= 15 is 0 Å². The molecule has 0 aromatic heterocycles. The van der Waals surface area contributed by atoms with Gasteiger partial charge in [0.15, 0.2) is 12.4 Å². The smallest absolute Gasteiger partial charge is 0.335 e. The standard InChI is InChI=1S/C7H12O7/c1-13-4-2(8)3(9)7(12)14-5(4)6(10)11/h2-5,7-9,12H,1H3,(H,10,11)/t2?,3?,4-,5?,7?/m0/s1. The van der Waals surface area contributed by atoms with Gasteiger partial charge in [-0.1, -0.05) is 0 Å². The fraction of sp³-hybridized carbons (Fsp3) is 0.857. The SMILES string of the molecule is CO[C@@H]1C(C(=O)O)OC(O)C(O)C1O. The Morgan fingerprint density at radius 2 is 1.86 bits per heavy atom. The lowest BCUT2D eigenvalue weighted by Crippen LogP contribution is -2.60. The Morgan fingerprint density at radius 3 is 2.29 bits per heavy atom. The molecule has 1 rings (SSSR count). The average molecular weight is 208 g/mol. The summed E-state index contributed by atoms with van der Waals surface area (Å²) in [6, 6.07) is 0. The second-order valence-corrected chi connectivity index (χ2v) is 2.97. The average Bonchev–Trinajstić information content (AvgIpc) is 2.13. The molecule has 5 atom stereocenters. The summed E-state index contributed by atoms with van der Waals surface area (Å²) in [5.41, 5.74) is 0. The van der Waals surface area contributed by atoms with Crippen molar-refractivity contribution >= 4 is 5.97 Å². The van der Waals surface area contributed by atoms with Crippen LogP contribution < -0.4 is 0 Å². The molecule has 1 heterocycles. The first kappa shape index (κ1) is 11.3. The Hall–Kier alpha value is -0.730. The van der Waals surface area contributed by atoms with Gasteiger partial charge in [0.2, 0.25) is 0 Å². The summed E-state index contributed by atoms with van der Waals surface area (Å²) in [6.45, 7) is 0. The molecule has 14 heavy (non-hydrogen) atoms. The Morgan fingerprint density at radius 1 is 1.29 bits per heavy atom. The lowest BCUT2D eigenvalue weighted by atomic mass is 9.99. The highest BCUT2D eigenvalue weighted by Crippen LogP contribution is 2.21. The fourth-order valence-electron chi connectivity index (χ4n) is 1.31. The van der Waals surface area contributed by atoms with Crippen LogP contribution in [0, 0.1) is 0 Å². The van der Waals surface area contributed by atoms with E-state index in [0.717, 1.165) is 0 Å². The van der Waals surface area contributed by atoms with Crippen LogP contribution in [0.3, 0.4) is 0 Å². The highest BCUT2D eigenvalue weighted by molar-refractivity contribution is 5.73. The van der Waals surface area contributed by atoms with Crippen molar-refractivity contribution in [3.63, 3.8) is 0 Å². The summed E-state index contributed by atoms with van der Waals surface area (Å²) in [4.78, 5) is 10.6. The molecule has 0 radical (unpaired) electrons. The Labute approximate surface area is 79.5 Å². The van der Waals surface area contributed by atoms with Gasteiger partial charge in [-0.3, -0.25) is 0 Å². The lowest BCUT2D eigenvalue weighted by molar-refractivity contribution is -0.283. The quantitative estimate of drug-likeness (QED) is 0.397. The molecule has 0 aromatic carbocycles. The Balaban J connectivity index is 2.82. The van der Waals surface area contributed by atoms with Crippen LogP contribution in [-0.4, -0.2) is 64.2 Å². The predicted molar refractivity (Wildman–Crippen MR) is 41.3 cm³/mol. The molecule has 1 saturated heterocycles. The lowest BCUT2D eigenvalue weighted by Gasteiger charge is -2.37. The number of rotatable bonds is 2. The van der Waals surface area contributed by atoms with Crippen molar-refractivity contribution in [3.8, 4) is 0 Å². The summed E-state index contributed by atoms with van der Waals surface area (Å²) < 4.78 is 9.22. The number of carboxylic acid groups (broad SMARTS) is 1. The van der Waals surface area contributed by atoms with Crippen molar-refractivity contribution < 1.29 is 34.7 Å². The molecule has 0 spiro atoms. The number of hydrogen-bond donors (Lipinski definition) is 4. The molecule has 4 N–H and O–H groups in total. The Bertz CT molecular complexity index is 218. The molecule has 4 unspecified atom stereocenters. The van der Waals surface area contributed by atoms with E-state index in [-0.39, 0.29) is 0 Å². The molecule has 1 aliphatic heterocycles. The van der Waals surface area contributed by atoms with Crippen molar-refractivity contribution in [2.75, 3.05) is 7.11 Å². The topological polar surface area (TPSA) is 116 Å². The minimum atomic E-state index is -1.72. The summed E-state index contributed by atoms with van der Waals surface area (Å²) in [5.74, 6) is -1.37. The molecule has 82 valence electrons. The molecular weight excluding hydrogens is 196 g/mol. The zero-order valence-electron chi connectivity index (χ0n) is 7.40. The number of aliphatic carboxylic acids is 1. The van der Waals surface area contributed by atoms with Gasteiger partial charge in [-0.05, 0) is 0 Å². The second kappa shape index (κ2) is 4.20. The first-order chi connectivity index (χ1) is 6.49. The molecule has 1 aliphatic rings. The van der Waals surface area contributed by atoms with Crippen LogP contribution in [0.25, 0.3) is 0 Å². The van der Waals surface area contributed by atoms with Gasteiger partial charge >= 0.3 is 5.97 Å². The highest BCUT2D eigenvalue weighted by Gasteiger charge is 2.47. The summed E-state index contributed by atoms with van der Waals surface area (Å²) in [6.07, 6.45) is -7.49. The summed E-state index contributed by atoms with van der Waals surface area (Å²) >= 11 is 0. The number of aliphatic hydroxyl groups is 3. The van der Waals surface area contributed by atoms with Crippen LogP contribution in [0.4, 0.5) is 0 Å². The van der Waals surface area contributed by atoms with Crippen LogP contribution in [0.2, 0.25) is 0 Å². The minimum Gasteiger partial charge on any atom is -0.479 e. The zero-order chi connectivity index (χ0) is 10.9. The largest absolute Gasteiger partial charge is 0.479 e. The zero-order valence-corrected chi connectivity index (χ0v) is 7.40. The number of carbonyl (C=O) groups is 1. The van der Waals surface area contributed by atoms with Gasteiger partial charge in [0.1, 0.15) is 18.3 Å². The monoisotopic (exact) mass is 208 g/mol. The Kier molecular flexibility index (Phi) is 3.40. The number of hydrogen-bond acceptors (Lipinski definition) is 6. The van der Waals surface area contributed by atoms with Crippen molar-refractivity contribution in [3.05, 3.63) is 0 Å². The second-order valence-electron chi connectivity index (χ2n) is 2.97. The molecule has 1 fully saturated rings. The van der Waals surface area contributed by atoms with Gasteiger partial charge in [-0.15, -0.1) is 0 Å². The number of ether oxygens (including phenoxy) is 2. The van der Waals surface area contributed by atoms with Crippen LogP contribution in [0.15, 0.2) is 0 Å². The summed E-state index contributed by atoms with van der Waals surface area (Å²) in [5, 5.41) is 36.2. The van der Waals surface area contributed by atoms with E-state index in [1.165, 1.54) is 7.11 Å². The molecule has 7 heteroatoms. The molecule has 7 nitrogen and oxygen atoms in total. The third-order valence-electron chi connectivity index (χ3n) is 2.08. The van der Waals surface area contributed by atoms with Crippen molar-refractivity contribution in [2.24, 2.45) is 0 Å². The van der Waals surface area contributed by atoms with E-state index in [0.29, 0.717) is 0 Å². The molecule has 0 bridgehead atoms. The third-order valence-corrected chi connectivity index (χ3v) is 2.08.